The van der Waals surface area contributed by atoms with E-state index in [2.05, 4.69) is 17.1 Å². The smallest absolute Gasteiger partial charge is 0.259 e. The molecule has 0 saturated carbocycles. The lowest BCUT2D eigenvalue weighted by Crippen LogP contribution is -2.14. The maximum absolute atomic E-state index is 12.4. The standard InChI is InChI=1S/C21H20N4O2/c1-27-18-6-4-16(5-7-18)3-2-12-24-13-14-25-20(26)15-19(23-21(24)25)17-8-10-22-11-9-17/h4-11,13-15H,2-3,12H2,1H3. The molecule has 0 aliphatic heterocycles. The van der Waals surface area contributed by atoms with E-state index in [9.17, 15) is 4.79 Å². The highest BCUT2D eigenvalue weighted by atomic mass is 16.5. The van der Waals surface area contributed by atoms with E-state index in [4.69, 9.17) is 9.72 Å². The predicted molar refractivity (Wildman–Crippen MR) is 104 cm³/mol. The second-order valence-electron chi connectivity index (χ2n) is 6.33. The summed E-state index contributed by atoms with van der Waals surface area (Å²) in [4.78, 5) is 21.1. The zero-order chi connectivity index (χ0) is 18.6. The molecule has 3 heterocycles. The van der Waals surface area contributed by atoms with Crippen LogP contribution in [-0.2, 0) is 13.0 Å². The molecule has 1 aromatic carbocycles. The third-order valence-electron chi connectivity index (χ3n) is 4.59. The third kappa shape index (κ3) is 3.60. The first kappa shape index (κ1) is 17.0. The van der Waals surface area contributed by atoms with Gasteiger partial charge in [-0.3, -0.25) is 14.2 Å². The summed E-state index contributed by atoms with van der Waals surface area (Å²) in [5.41, 5.74) is 2.73. The number of pyridine rings is 1. The van der Waals surface area contributed by atoms with Gasteiger partial charge in [0.1, 0.15) is 5.75 Å². The number of hydrogen-bond acceptors (Lipinski definition) is 4. The van der Waals surface area contributed by atoms with Crippen LogP contribution >= 0.6 is 0 Å². The molecule has 4 rings (SSSR count). The van der Waals surface area contributed by atoms with Crippen molar-refractivity contribution >= 4 is 5.78 Å². The van der Waals surface area contributed by atoms with E-state index in [-0.39, 0.29) is 5.56 Å². The van der Waals surface area contributed by atoms with Crippen molar-refractivity contribution in [1.82, 2.24) is 18.9 Å². The maximum Gasteiger partial charge on any atom is 0.259 e. The lowest BCUT2D eigenvalue weighted by Gasteiger charge is -2.07. The number of rotatable bonds is 6. The molecule has 0 atom stereocenters. The topological polar surface area (TPSA) is 61.4 Å². The highest BCUT2D eigenvalue weighted by Gasteiger charge is 2.08. The second kappa shape index (κ2) is 7.45. The van der Waals surface area contributed by atoms with Crippen molar-refractivity contribution in [2.45, 2.75) is 19.4 Å². The molecular formula is C21H20N4O2. The molecular weight excluding hydrogens is 340 g/mol. The summed E-state index contributed by atoms with van der Waals surface area (Å²) in [5.74, 6) is 1.52. The zero-order valence-corrected chi connectivity index (χ0v) is 15.1. The van der Waals surface area contributed by atoms with Crippen molar-refractivity contribution < 1.29 is 4.74 Å². The Morgan fingerprint density at radius 2 is 1.81 bits per heavy atom. The molecule has 0 N–H and O–H groups in total. The lowest BCUT2D eigenvalue weighted by molar-refractivity contribution is 0.414. The van der Waals surface area contributed by atoms with E-state index in [0.717, 1.165) is 30.7 Å². The number of fused-ring (bicyclic) bond motifs is 1. The highest BCUT2D eigenvalue weighted by Crippen LogP contribution is 2.16. The van der Waals surface area contributed by atoms with Gasteiger partial charge in [-0.1, -0.05) is 12.1 Å². The predicted octanol–water partition coefficient (Wildman–Crippen LogP) is 3.20. The van der Waals surface area contributed by atoms with Gasteiger partial charge in [0.05, 0.1) is 12.8 Å². The van der Waals surface area contributed by atoms with Gasteiger partial charge in [0.2, 0.25) is 5.78 Å². The fraction of sp³-hybridized carbons (Fsp3) is 0.190. The molecule has 0 aliphatic carbocycles. The summed E-state index contributed by atoms with van der Waals surface area (Å²) >= 11 is 0. The Morgan fingerprint density at radius 1 is 1.04 bits per heavy atom. The van der Waals surface area contributed by atoms with Gasteiger partial charge in [0, 0.05) is 43.0 Å². The van der Waals surface area contributed by atoms with E-state index in [0.29, 0.717) is 11.5 Å². The maximum atomic E-state index is 12.4. The van der Waals surface area contributed by atoms with E-state index in [1.807, 2.05) is 35.0 Å². The van der Waals surface area contributed by atoms with Crippen molar-refractivity contribution in [2.24, 2.45) is 0 Å². The average Bonchev–Trinajstić information content (AvgIpc) is 3.13. The Bertz CT molecular complexity index is 1100. The monoisotopic (exact) mass is 360 g/mol. The Kier molecular flexibility index (Phi) is 4.70. The van der Waals surface area contributed by atoms with Gasteiger partial charge < -0.3 is 9.30 Å². The highest BCUT2D eigenvalue weighted by molar-refractivity contribution is 5.59. The van der Waals surface area contributed by atoms with Crippen LogP contribution in [0.1, 0.15) is 12.0 Å². The quantitative estimate of drug-likeness (QED) is 0.530. The molecule has 4 aromatic rings. The van der Waals surface area contributed by atoms with Gasteiger partial charge in [-0.25, -0.2) is 4.98 Å². The first-order valence-corrected chi connectivity index (χ1v) is 8.86. The van der Waals surface area contributed by atoms with Crippen LogP contribution in [0.2, 0.25) is 0 Å². The van der Waals surface area contributed by atoms with Gasteiger partial charge in [0.15, 0.2) is 0 Å². The summed E-state index contributed by atoms with van der Waals surface area (Å²) in [6.07, 6.45) is 8.98. The zero-order valence-electron chi connectivity index (χ0n) is 15.1. The summed E-state index contributed by atoms with van der Waals surface area (Å²) < 4.78 is 8.80. The summed E-state index contributed by atoms with van der Waals surface area (Å²) in [6, 6.07) is 13.4. The van der Waals surface area contributed by atoms with E-state index in [1.165, 1.54) is 5.56 Å². The lowest BCUT2D eigenvalue weighted by atomic mass is 10.1. The average molecular weight is 360 g/mol. The minimum Gasteiger partial charge on any atom is -0.497 e. The molecule has 6 heteroatoms. The molecule has 0 aliphatic rings. The number of aromatic nitrogens is 4. The molecule has 27 heavy (non-hydrogen) atoms. The molecule has 0 amide bonds. The fourth-order valence-corrected chi connectivity index (χ4v) is 3.13. The van der Waals surface area contributed by atoms with Crippen LogP contribution < -0.4 is 10.3 Å². The van der Waals surface area contributed by atoms with E-state index < -0.39 is 0 Å². The number of hydrogen-bond donors (Lipinski definition) is 0. The van der Waals surface area contributed by atoms with E-state index >= 15 is 0 Å². The first-order valence-electron chi connectivity index (χ1n) is 8.86. The molecule has 0 bridgehead atoms. The van der Waals surface area contributed by atoms with Gasteiger partial charge in [-0.05, 0) is 42.7 Å². The van der Waals surface area contributed by atoms with Gasteiger partial charge in [-0.2, -0.15) is 0 Å². The Morgan fingerprint density at radius 3 is 2.56 bits per heavy atom. The van der Waals surface area contributed by atoms with Crippen LogP contribution in [0.5, 0.6) is 5.75 Å². The largest absolute Gasteiger partial charge is 0.497 e. The molecule has 3 aromatic heterocycles. The first-order chi connectivity index (χ1) is 13.2. The van der Waals surface area contributed by atoms with Crippen LogP contribution in [0.25, 0.3) is 17.0 Å². The van der Waals surface area contributed by atoms with Crippen molar-refractivity contribution in [1.29, 1.82) is 0 Å². The van der Waals surface area contributed by atoms with Crippen molar-refractivity contribution in [3.63, 3.8) is 0 Å². The number of imidazole rings is 1. The molecule has 0 spiro atoms. The minimum atomic E-state index is -0.0827. The number of benzene rings is 1. The molecule has 0 unspecified atom stereocenters. The third-order valence-corrected chi connectivity index (χ3v) is 4.59. The molecule has 6 nitrogen and oxygen atoms in total. The summed E-state index contributed by atoms with van der Waals surface area (Å²) in [6.45, 7) is 0.786. The number of methoxy groups -OCH3 is 1. The van der Waals surface area contributed by atoms with Crippen molar-refractivity contribution in [3.05, 3.63) is 83.2 Å². The number of nitrogens with zero attached hydrogens (tertiary/aromatic N) is 4. The van der Waals surface area contributed by atoms with Crippen molar-refractivity contribution in [3.8, 4) is 17.0 Å². The Balaban J connectivity index is 1.55. The minimum absolute atomic E-state index is 0.0827. The van der Waals surface area contributed by atoms with Crippen LogP contribution in [0, 0.1) is 0 Å². The van der Waals surface area contributed by atoms with Crippen LogP contribution in [0.3, 0.4) is 0 Å². The second-order valence-corrected chi connectivity index (χ2v) is 6.33. The fourth-order valence-electron chi connectivity index (χ4n) is 3.13. The number of ether oxygens (including phenoxy) is 1. The van der Waals surface area contributed by atoms with Gasteiger partial charge in [-0.15, -0.1) is 0 Å². The molecule has 0 radical (unpaired) electrons. The summed E-state index contributed by atoms with van der Waals surface area (Å²) in [7, 11) is 1.67. The Labute approximate surface area is 156 Å². The normalized spacial score (nSPS) is 11.0. The Hall–Kier alpha value is -3.41. The van der Waals surface area contributed by atoms with Crippen LogP contribution in [0.4, 0.5) is 0 Å². The molecule has 0 saturated heterocycles. The van der Waals surface area contributed by atoms with Crippen LogP contribution in [-0.4, -0.2) is 26.0 Å². The molecule has 136 valence electrons. The van der Waals surface area contributed by atoms with Crippen LogP contribution in [0.15, 0.2) is 72.0 Å². The van der Waals surface area contributed by atoms with E-state index in [1.54, 1.807) is 36.2 Å². The summed E-state index contributed by atoms with van der Waals surface area (Å²) in [5, 5.41) is 0. The molecule has 0 fully saturated rings. The van der Waals surface area contributed by atoms with Crippen molar-refractivity contribution in [2.75, 3.05) is 7.11 Å². The van der Waals surface area contributed by atoms with Gasteiger partial charge >= 0.3 is 0 Å². The number of aryl methyl sites for hydroxylation is 2. The SMILES string of the molecule is COc1ccc(CCCn2ccn3c(=O)cc(-c4ccncc4)nc23)cc1. The van der Waals surface area contributed by atoms with Gasteiger partial charge in [0.25, 0.3) is 5.56 Å².